The summed E-state index contributed by atoms with van der Waals surface area (Å²) in [6, 6.07) is 18.5. The van der Waals surface area contributed by atoms with Crippen molar-refractivity contribution < 1.29 is 9.18 Å². The second kappa shape index (κ2) is 7.68. The number of carbonyl (C=O) groups excluding carboxylic acids is 1. The number of rotatable bonds is 4. The van der Waals surface area contributed by atoms with Crippen molar-refractivity contribution in [3.05, 3.63) is 83.1 Å². The number of hydrogen-bond donors (Lipinski definition) is 1. The number of halogens is 2. The normalized spacial score (nSPS) is 10.9. The number of nitrogens with zero attached hydrogens (tertiary/aromatic N) is 1. The molecule has 4 aromatic rings. The highest BCUT2D eigenvalue weighted by molar-refractivity contribution is 8.01. The lowest BCUT2D eigenvalue weighted by Gasteiger charge is -2.09. The van der Waals surface area contributed by atoms with Crippen LogP contribution in [0, 0.1) is 5.82 Å². The van der Waals surface area contributed by atoms with Crippen LogP contribution in [0.25, 0.3) is 10.2 Å². The third kappa shape index (κ3) is 4.13. The Balaban J connectivity index is 1.58. The molecule has 27 heavy (non-hydrogen) atoms. The number of benzene rings is 3. The lowest BCUT2D eigenvalue weighted by Crippen LogP contribution is -2.12. The predicted octanol–water partition coefficient (Wildman–Crippen LogP) is 6.49. The van der Waals surface area contributed by atoms with E-state index in [4.69, 9.17) is 11.6 Å². The maximum atomic E-state index is 13.0. The fourth-order valence-electron chi connectivity index (χ4n) is 2.47. The Labute approximate surface area is 168 Å². The van der Waals surface area contributed by atoms with Crippen LogP contribution in [0.4, 0.5) is 10.1 Å². The van der Waals surface area contributed by atoms with Crippen molar-refractivity contribution in [2.24, 2.45) is 0 Å². The van der Waals surface area contributed by atoms with E-state index in [1.54, 1.807) is 11.3 Å². The molecule has 0 radical (unpaired) electrons. The van der Waals surface area contributed by atoms with Crippen LogP contribution in [0.2, 0.25) is 5.02 Å². The fraction of sp³-hybridized carbons (Fsp3) is 0. The highest BCUT2D eigenvalue weighted by Crippen LogP contribution is 2.38. The molecule has 3 aromatic carbocycles. The van der Waals surface area contributed by atoms with Crippen LogP contribution in [-0.2, 0) is 0 Å². The standard InChI is InChI=1S/C20H12ClFN2OS2/c21-13-7-10-16-18(11-13)27-20(24-16)26-17-4-2-1-3-15(17)23-19(25)12-5-8-14(22)9-6-12/h1-11H,(H,23,25). The molecule has 0 spiro atoms. The van der Waals surface area contributed by atoms with E-state index in [0.717, 1.165) is 19.5 Å². The molecule has 0 bridgehead atoms. The first-order chi connectivity index (χ1) is 13.1. The Bertz CT molecular complexity index is 1130. The van der Waals surface area contributed by atoms with Gasteiger partial charge in [-0.2, -0.15) is 0 Å². The van der Waals surface area contributed by atoms with Gasteiger partial charge in [-0.3, -0.25) is 4.79 Å². The van der Waals surface area contributed by atoms with E-state index >= 15 is 0 Å². The van der Waals surface area contributed by atoms with Crippen molar-refractivity contribution in [3.63, 3.8) is 0 Å². The van der Waals surface area contributed by atoms with Crippen molar-refractivity contribution in [1.82, 2.24) is 4.98 Å². The first-order valence-electron chi connectivity index (χ1n) is 7.98. The van der Waals surface area contributed by atoms with Crippen molar-refractivity contribution in [2.45, 2.75) is 9.24 Å². The molecule has 0 aliphatic rings. The van der Waals surface area contributed by atoms with E-state index in [1.165, 1.54) is 36.0 Å². The maximum Gasteiger partial charge on any atom is 0.255 e. The summed E-state index contributed by atoms with van der Waals surface area (Å²) in [6.07, 6.45) is 0. The molecule has 1 amide bonds. The van der Waals surface area contributed by atoms with Gasteiger partial charge in [0.2, 0.25) is 0 Å². The minimum absolute atomic E-state index is 0.292. The molecule has 0 saturated carbocycles. The van der Waals surface area contributed by atoms with E-state index in [0.29, 0.717) is 16.3 Å². The van der Waals surface area contributed by atoms with Crippen molar-refractivity contribution in [2.75, 3.05) is 5.32 Å². The lowest BCUT2D eigenvalue weighted by molar-refractivity contribution is 0.102. The van der Waals surface area contributed by atoms with E-state index in [-0.39, 0.29) is 11.7 Å². The van der Waals surface area contributed by atoms with Crippen LogP contribution in [0.1, 0.15) is 10.4 Å². The van der Waals surface area contributed by atoms with Gasteiger partial charge in [0, 0.05) is 15.5 Å². The Kier molecular flexibility index (Phi) is 5.11. The highest BCUT2D eigenvalue weighted by atomic mass is 35.5. The Morgan fingerprint density at radius 1 is 1.07 bits per heavy atom. The van der Waals surface area contributed by atoms with Gasteiger partial charge in [0.1, 0.15) is 5.82 Å². The zero-order valence-electron chi connectivity index (χ0n) is 13.8. The second-order valence-electron chi connectivity index (χ2n) is 5.65. The van der Waals surface area contributed by atoms with Crippen LogP contribution >= 0.6 is 34.7 Å². The molecule has 1 N–H and O–H groups in total. The molecule has 7 heteroatoms. The van der Waals surface area contributed by atoms with Crippen LogP contribution in [-0.4, -0.2) is 10.9 Å². The average Bonchev–Trinajstić information content (AvgIpc) is 3.05. The topological polar surface area (TPSA) is 42.0 Å². The quantitative estimate of drug-likeness (QED) is 0.414. The van der Waals surface area contributed by atoms with Gasteiger partial charge in [-0.15, -0.1) is 11.3 Å². The van der Waals surface area contributed by atoms with Gasteiger partial charge >= 0.3 is 0 Å². The summed E-state index contributed by atoms with van der Waals surface area (Å²) in [5.41, 5.74) is 1.96. The predicted molar refractivity (Wildman–Crippen MR) is 110 cm³/mol. The molecular formula is C20H12ClFN2OS2. The highest BCUT2D eigenvalue weighted by Gasteiger charge is 2.12. The molecule has 1 aromatic heterocycles. The summed E-state index contributed by atoms with van der Waals surface area (Å²) in [6.45, 7) is 0. The molecular weight excluding hydrogens is 403 g/mol. The number of carbonyl (C=O) groups is 1. The number of thiazole rings is 1. The fourth-order valence-corrected chi connectivity index (χ4v) is 4.86. The molecule has 0 unspecified atom stereocenters. The number of amides is 1. The third-order valence-corrected chi connectivity index (χ3v) is 6.16. The van der Waals surface area contributed by atoms with Gasteiger partial charge in [0.15, 0.2) is 4.34 Å². The molecule has 134 valence electrons. The van der Waals surface area contributed by atoms with Gasteiger partial charge < -0.3 is 5.32 Å². The van der Waals surface area contributed by atoms with E-state index in [1.807, 2.05) is 42.5 Å². The SMILES string of the molecule is O=C(Nc1ccccc1Sc1nc2ccc(Cl)cc2s1)c1ccc(F)cc1. The molecule has 0 aliphatic heterocycles. The molecule has 3 nitrogen and oxygen atoms in total. The number of fused-ring (bicyclic) bond motifs is 1. The lowest BCUT2D eigenvalue weighted by atomic mass is 10.2. The maximum absolute atomic E-state index is 13.0. The number of anilines is 1. The molecule has 0 fully saturated rings. The number of hydrogen-bond acceptors (Lipinski definition) is 4. The first kappa shape index (κ1) is 18.0. The first-order valence-corrected chi connectivity index (χ1v) is 9.99. The zero-order valence-corrected chi connectivity index (χ0v) is 16.2. The van der Waals surface area contributed by atoms with Crippen molar-refractivity contribution >= 4 is 56.5 Å². The zero-order chi connectivity index (χ0) is 18.8. The van der Waals surface area contributed by atoms with Crippen LogP contribution in [0.3, 0.4) is 0 Å². The smallest absolute Gasteiger partial charge is 0.255 e. The monoisotopic (exact) mass is 414 g/mol. The van der Waals surface area contributed by atoms with Gasteiger partial charge in [-0.05, 0) is 54.6 Å². The summed E-state index contributed by atoms with van der Waals surface area (Å²) in [7, 11) is 0. The Morgan fingerprint density at radius 3 is 2.67 bits per heavy atom. The minimum Gasteiger partial charge on any atom is -0.321 e. The Hall–Kier alpha value is -2.41. The summed E-state index contributed by atoms with van der Waals surface area (Å²) in [5, 5.41) is 3.56. The van der Waals surface area contributed by atoms with Gasteiger partial charge in [0.05, 0.1) is 15.9 Å². The molecule has 1 heterocycles. The molecule has 0 saturated heterocycles. The third-order valence-electron chi connectivity index (χ3n) is 3.77. The van der Waals surface area contributed by atoms with Gasteiger partial charge in [0.25, 0.3) is 5.91 Å². The minimum atomic E-state index is -0.376. The van der Waals surface area contributed by atoms with Gasteiger partial charge in [-0.1, -0.05) is 35.5 Å². The number of nitrogens with one attached hydrogen (secondary N) is 1. The summed E-state index contributed by atoms with van der Waals surface area (Å²) in [5.74, 6) is -0.669. The molecule has 0 atom stereocenters. The van der Waals surface area contributed by atoms with Crippen LogP contribution in [0.5, 0.6) is 0 Å². The number of para-hydroxylation sites is 1. The average molecular weight is 415 g/mol. The summed E-state index contributed by atoms with van der Waals surface area (Å²) in [4.78, 5) is 17.9. The van der Waals surface area contributed by atoms with Crippen molar-refractivity contribution in [1.29, 1.82) is 0 Å². The number of aromatic nitrogens is 1. The molecule has 0 aliphatic carbocycles. The van der Waals surface area contributed by atoms with Gasteiger partial charge in [-0.25, -0.2) is 9.37 Å². The van der Waals surface area contributed by atoms with Crippen LogP contribution < -0.4 is 5.32 Å². The van der Waals surface area contributed by atoms with E-state index in [2.05, 4.69) is 10.3 Å². The summed E-state index contributed by atoms with van der Waals surface area (Å²) >= 11 is 9.06. The molecule has 4 rings (SSSR count). The largest absolute Gasteiger partial charge is 0.321 e. The van der Waals surface area contributed by atoms with E-state index in [9.17, 15) is 9.18 Å². The second-order valence-corrected chi connectivity index (χ2v) is 8.41. The van der Waals surface area contributed by atoms with E-state index < -0.39 is 0 Å². The van der Waals surface area contributed by atoms with Crippen molar-refractivity contribution in [3.8, 4) is 0 Å². The Morgan fingerprint density at radius 2 is 1.85 bits per heavy atom. The summed E-state index contributed by atoms with van der Waals surface area (Å²) < 4.78 is 14.9. The van der Waals surface area contributed by atoms with Crippen LogP contribution in [0.15, 0.2) is 76.0 Å².